The molecule has 6 heteroatoms. The summed E-state index contributed by atoms with van der Waals surface area (Å²) in [5, 5.41) is 15.4. The molecule has 0 aliphatic rings. The predicted molar refractivity (Wildman–Crippen MR) is 79.4 cm³/mol. The van der Waals surface area contributed by atoms with Gasteiger partial charge < -0.3 is 10.1 Å². The van der Waals surface area contributed by atoms with Crippen molar-refractivity contribution in [3.05, 3.63) is 5.82 Å². The maximum absolute atomic E-state index is 5.53. The molecule has 20 heavy (non-hydrogen) atoms. The van der Waals surface area contributed by atoms with Crippen molar-refractivity contribution in [1.29, 1.82) is 0 Å². The van der Waals surface area contributed by atoms with Crippen LogP contribution in [0, 0.1) is 5.92 Å². The van der Waals surface area contributed by atoms with Gasteiger partial charge in [-0.1, -0.05) is 13.8 Å². The number of unbranched alkanes of at least 4 members (excludes halogenated alkanes) is 1. The second kappa shape index (κ2) is 9.02. The van der Waals surface area contributed by atoms with Gasteiger partial charge in [-0.25, -0.2) is 4.68 Å². The first-order chi connectivity index (χ1) is 9.50. The van der Waals surface area contributed by atoms with Crippen LogP contribution < -0.4 is 5.32 Å². The summed E-state index contributed by atoms with van der Waals surface area (Å²) in [5.74, 6) is 1.53. The molecule has 116 valence electrons. The first-order valence-corrected chi connectivity index (χ1v) is 7.61. The zero-order chi connectivity index (χ0) is 15.0. The lowest BCUT2D eigenvalue weighted by Gasteiger charge is -2.15. The molecule has 1 unspecified atom stereocenters. The topological polar surface area (TPSA) is 64.9 Å². The van der Waals surface area contributed by atoms with Crippen LogP contribution in [-0.2, 0) is 11.3 Å². The molecule has 1 atom stereocenters. The average molecular weight is 283 g/mol. The lowest BCUT2D eigenvalue weighted by atomic mass is 10.2. The Bertz CT molecular complexity index is 364. The summed E-state index contributed by atoms with van der Waals surface area (Å²) in [6.07, 6.45) is 2.37. The van der Waals surface area contributed by atoms with E-state index >= 15 is 0 Å². The molecule has 0 saturated heterocycles. The molecule has 0 radical (unpaired) electrons. The highest BCUT2D eigenvalue weighted by atomic mass is 16.5. The Hall–Kier alpha value is -1.01. The van der Waals surface area contributed by atoms with Gasteiger partial charge in [-0.05, 0) is 56.5 Å². The molecular weight excluding hydrogens is 254 g/mol. The van der Waals surface area contributed by atoms with Crippen LogP contribution in [0.1, 0.15) is 59.3 Å². The summed E-state index contributed by atoms with van der Waals surface area (Å²) in [4.78, 5) is 0. The van der Waals surface area contributed by atoms with Crippen molar-refractivity contribution in [2.45, 2.75) is 66.2 Å². The van der Waals surface area contributed by atoms with Crippen molar-refractivity contribution in [2.24, 2.45) is 5.92 Å². The fraction of sp³-hybridized carbons (Fsp3) is 0.929. The third kappa shape index (κ3) is 6.43. The van der Waals surface area contributed by atoms with E-state index in [4.69, 9.17) is 4.74 Å². The third-order valence-electron chi connectivity index (χ3n) is 2.99. The summed E-state index contributed by atoms with van der Waals surface area (Å²) in [5.41, 5.74) is 0. The molecule has 1 heterocycles. The summed E-state index contributed by atoms with van der Waals surface area (Å²) >= 11 is 0. The highest BCUT2D eigenvalue weighted by molar-refractivity contribution is 4.89. The number of aromatic nitrogens is 4. The molecule has 0 saturated carbocycles. The van der Waals surface area contributed by atoms with Gasteiger partial charge in [-0.3, -0.25) is 0 Å². The molecule has 0 aliphatic carbocycles. The summed E-state index contributed by atoms with van der Waals surface area (Å²) < 4.78 is 7.43. The van der Waals surface area contributed by atoms with Gasteiger partial charge in [-0.2, -0.15) is 0 Å². The van der Waals surface area contributed by atoms with Crippen molar-refractivity contribution in [2.75, 3.05) is 13.2 Å². The third-order valence-corrected chi connectivity index (χ3v) is 2.99. The van der Waals surface area contributed by atoms with Gasteiger partial charge in [0.1, 0.15) is 0 Å². The van der Waals surface area contributed by atoms with Crippen molar-refractivity contribution in [3.8, 4) is 0 Å². The zero-order valence-corrected chi connectivity index (χ0v) is 13.5. The van der Waals surface area contributed by atoms with Crippen LogP contribution in [0.15, 0.2) is 0 Å². The van der Waals surface area contributed by atoms with Crippen molar-refractivity contribution < 1.29 is 4.74 Å². The largest absolute Gasteiger partial charge is 0.379 e. The average Bonchev–Trinajstić information content (AvgIpc) is 2.83. The Morgan fingerprint density at radius 2 is 1.90 bits per heavy atom. The summed E-state index contributed by atoms with van der Waals surface area (Å²) in [6.45, 7) is 13.2. The van der Waals surface area contributed by atoms with E-state index in [1.54, 1.807) is 0 Å². The van der Waals surface area contributed by atoms with Crippen LogP contribution in [0.3, 0.4) is 0 Å². The first-order valence-electron chi connectivity index (χ1n) is 7.61. The maximum Gasteiger partial charge on any atom is 0.167 e. The molecule has 0 fully saturated rings. The fourth-order valence-corrected chi connectivity index (χ4v) is 1.87. The zero-order valence-electron chi connectivity index (χ0n) is 13.5. The number of aryl methyl sites for hydroxylation is 1. The van der Waals surface area contributed by atoms with E-state index < -0.39 is 0 Å². The van der Waals surface area contributed by atoms with Crippen LogP contribution in [0.4, 0.5) is 0 Å². The van der Waals surface area contributed by atoms with Gasteiger partial charge in [0.25, 0.3) is 0 Å². The number of hydrogen-bond acceptors (Lipinski definition) is 5. The molecule has 0 bridgehead atoms. The fourth-order valence-electron chi connectivity index (χ4n) is 1.87. The number of nitrogens with zero attached hydrogens (tertiary/aromatic N) is 4. The van der Waals surface area contributed by atoms with Gasteiger partial charge >= 0.3 is 0 Å². The van der Waals surface area contributed by atoms with E-state index in [1.807, 2.05) is 4.68 Å². The quantitative estimate of drug-likeness (QED) is 0.667. The Labute approximate surface area is 122 Å². The van der Waals surface area contributed by atoms with Gasteiger partial charge in [0, 0.05) is 13.2 Å². The van der Waals surface area contributed by atoms with E-state index in [2.05, 4.69) is 55.5 Å². The van der Waals surface area contributed by atoms with Gasteiger partial charge in [-0.15, -0.1) is 5.10 Å². The molecule has 0 aromatic carbocycles. The summed E-state index contributed by atoms with van der Waals surface area (Å²) in [6, 6.07) is 0.180. The molecule has 1 N–H and O–H groups in total. The first kappa shape index (κ1) is 17.0. The Morgan fingerprint density at radius 3 is 2.55 bits per heavy atom. The van der Waals surface area contributed by atoms with Gasteiger partial charge in [0.05, 0.1) is 12.1 Å². The standard InChI is InChI=1S/C14H29N5O/c1-11(2)10-15-13(5)14-16-17-18-19(14)8-6-7-9-20-12(3)4/h11-13,15H,6-10H2,1-5H3. The van der Waals surface area contributed by atoms with Gasteiger partial charge in [0.15, 0.2) is 5.82 Å². The van der Waals surface area contributed by atoms with Crippen molar-refractivity contribution >= 4 is 0 Å². The van der Waals surface area contributed by atoms with Crippen LogP contribution in [0.25, 0.3) is 0 Å². The van der Waals surface area contributed by atoms with Crippen molar-refractivity contribution in [1.82, 2.24) is 25.5 Å². The highest BCUT2D eigenvalue weighted by Gasteiger charge is 2.14. The van der Waals surface area contributed by atoms with E-state index in [-0.39, 0.29) is 6.04 Å². The minimum Gasteiger partial charge on any atom is -0.379 e. The number of tetrazole rings is 1. The SMILES string of the molecule is CC(C)CNC(C)c1nnnn1CCCCOC(C)C. The molecular formula is C14H29N5O. The minimum atomic E-state index is 0.180. The van der Waals surface area contributed by atoms with Crippen LogP contribution >= 0.6 is 0 Å². The van der Waals surface area contributed by atoms with E-state index in [0.29, 0.717) is 12.0 Å². The molecule has 0 aliphatic heterocycles. The predicted octanol–water partition coefficient (Wildman–Crippen LogP) is 2.18. The lowest BCUT2D eigenvalue weighted by Crippen LogP contribution is -2.26. The highest BCUT2D eigenvalue weighted by Crippen LogP contribution is 2.09. The number of rotatable bonds is 10. The Balaban J connectivity index is 2.34. The Kier molecular flexibility index (Phi) is 7.69. The monoisotopic (exact) mass is 283 g/mol. The molecule has 1 rings (SSSR count). The number of hydrogen-bond donors (Lipinski definition) is 1. The maximum atomic E-state index is 5.53. The molecule has 1 aromatic rings. The minimum absolute atomic E-state index is 0.180. The number of ether oxygens (including phenoxy) is 1. The lowest BCUT2D eigenvalue weighted by molar-refractivity contribution is 0.0752. The van der Waals surface area contributed by atoms with E-state index in [1.165, 1.54) is 0 Å². The van der Waals surface area contributed by atoms with Crippen molar-refractivity contribution in [3.63, 3.8) is 0 Å². The van der Waals surface area contributed by atoms with Crippen LogP contribution in [-0.4, -0.2) is 39.5 Å². The summed E-state index contributed by atoms with van der Waals surface area (Å²) in [7, 11) is 0. The molecule has 6 nitrogen and oxygen atoms in total. The van der Waals surface area contributed by atoms with Crippen LogP contribution in [0.2, 0.25) is 0 Å². The molecule has 1 aromatic heterocycles. The van der Waals surface area contributed by atoms with Gasteiger partial charge in [0.2, 0.25) is 0 Å². The normalized spacial score (nSPS) is 13.3. The van der Waals surface area contributed by atoms with E-state index in [9.17, 15) is 0 Å². The molecule has 0 amide bonds. The second-order valence-electron chi connectivity index (χ2n) is 5.91. The smallest absolute Gasteiger partial charge is 0.167 e. The Morgan fingerprint density at radius 1 is 1.15 bits per heavy atom. The number of nitrogens with one attached hydrogen (secondary N) is 1. The van der Waals surface area contributed by atoms with Crippen LogP contribution in [0.5, 0.6) is 0 Å². The molecule has 0 spiro atoms. The van der Waals surface area contributed by atoms with E-state index in [0.717, 1.165) is 38.4 Å². The second-order valence-corrected chi connectivity index (χ2v) is 5.91.